The van der Waals surface area contributed by atoms with Crippen LogP contribution in [0.3, 0.4) is 0 Å². The van der Waals surface area contributed by atoms with Gasteiger partial charge in [0.15, 0.2) is 0 Å². The van der Waals surface area contributed by atoms with Gasteiger partial charge in [-0.05, 0) is 62.2 Å². The molecule has 0 heterocycles. The molecule has 6 heteroatoms. The van der Waals surface area contributed by atoms with E-state index in [2.05, 4.69) is 10.6 Å². The number of carbonyl (C=O) groups excluding carboxylic acids is 2. The van der Waals surface area contributed by atoms with Crippen molar-refractivity contribution in [1.82, 2.24) is 5.32 Å². The molecule has 6 nitrogen and oxygen atoms in total. The Balaban J connectivity index is 1.89. The highest BCUT2D eigenvalue weighted by Crippen LogP contribution is 2.21. The van der Waals surface area contributed by atoms with Gasteiger partial charge in [0.05, 0.1) is 14.2 Å². The first-order valence-corrected chi connectivity index (χ1v) is 8.73. The van der Waals surface area contributed by atoms with Crippen LogP contribution in [-0.4, -0.2) is 32.6 Å². The monoisotopic (exact) mass is 370 g/mol. The second kappa shape index (κ2) is 9.07. The van der Waals surface area contributed by atoms with Crippen LogP contribution in [-0.2, 0) is 16.0 Å². The predicted molar refractivity (Wildman–Crippen MR) is 105 cm³/mol. The maximum atomic E-state index is 12.5. The molecule has 2 amide bonds. The summed E-state index contributed by atoms with van der Waals surface area (Å²) in [5, 5.41) is 5.60. The predicted octanol–water partition coefficient (Wildman–Crippen LogP) is 3.03. The lowest BCUT2D eigenvalue weighted by atomic mass is 9.91. The lowest BCUT2D eigenvalue weighted by molar-refractivity contribution is -0.138. The van der Waals surface area contributed by atoms with E-state index in [1.165, 1.54) is 0 Å². The molecule has 0 spiro atoms. The van der Waals surface area contributed by atoms with E-state index in [1.807, 2.05) is 24.3 Å². The molecule has 0 aliphatic heterocycles. The molecule has 0 atom stereocenters. The second-order valence-electron chi connectivity index (χ2n) is 6.67. The van der Waals surface area contributed by atoms with Gasteiger partial charge in [0.1, 0.15) is 16.9 Å². The van der Waals surface area contributed by atoms with Gasteiger partial charge >= 0.3 is 0 Å². The number of methoxy groups -OCH3 is 2. The standard InChI is InChI=1S/C21H26N2O4/c1-21(2,20(25)23-16-8-10-17(26-3)11-9-16)19(24)22-13-12-15-6-5-7-18(14-15)27-4/h5-11,14H,12-13H2,1-4H3,(H,22,24)(H,23,25). The average molecular weight is 370 g/mol. The molecule has 0 fully saturated rings. The number of anilines is 1. The molecule has 0 saturated heterocycles. The van der Waals surface area contributed by atoms with Crippen molar-refractivity contribution in [1.29, 1.82) is 0 Å². The average Bonchev–Trinajstić information content (AvgIpc) is 2.68. The number of ether oxygens (including phenoxy) is 2. The zero-order valence-electron chi connectivity index (χ0n) is 16.2. The smallest absolute Gasteiger partial charge is 0.239 e. The quantitative estimate of drug-likeness (QED) is 0.701. The molecule has 0 aliphatic rings. The van der Waals surface area contributed by atoms with Gasteiger partial charge in [0, 0.05) is 12.2 Å². The third-order valence-electron chi connectivity index (χ3n) is 4.32. The summed E-state index contributed by atoms with van der Waals surface area (Å²) in [5.74, 6) is 0.781. The molecule has 27 heavy (non-hydrogen) atoms. The first-order valence-electron chi connectivity index (χ1n) is 8.73. The van der Waals surface area contributed by atoms with Gasteiger partial charge in [0.25, 0.3) is 0 Å². The molecule has 2 rings (SSSR count). The maximum absolute atomic E-state index is 12.5. The first-order chi connectivity index (χ1) is 12.9. The Morgan fingerprint density at radius 1 is 0.926 bits per heavy atom. The van der Waals surface area contributed by atoms with Crippen LogP contribution in [0.4, 0.5) is 5.69 Å². The summed E-state index contributed by atoms with van der Waals surface area (Å²) in [7, 11) is 3.19. The van der Waals surface area contributed by atoms with E-state index in [0.717, 1.165) is 11.3 Å². The lowest BCUT2D eigenvalue weighted by Gasteiger charge is -2.23. The van der Waals surface area contributed by atoms with Crippen LogP contribution in [0.25, 0.3) is 0 Å². The molecular formula is C21H26N2O4. The number of benzene rings is 2. The number of hydrogen-bond donors (Lipinski definition) is 2. The molecule has 0 radical (unpaired) electrons. The highest BCUT2D eigenvalue weighted by atomic mass is 16.5. The number of nitrogens with one attached hydrogen (secondary N) is 2. The Hall–Kier alpha value is -3.02. The Morgan fingerprint density at radius 3 is 2.22 bits per heavy atom. The normalized spacial score (nSPS) is 10.8. The van der Waals surface area contributed by atoms with E-state index < -0.39 is 5.41 Å². The Morgan fingerprint density at radius 2 is 1.59 bits per heavy atom. The molecule has 0 saturated carbocycles. The zero-order chi connectivity index (χ0) is 19.9. The molecule has 0 aromatic heterocycles. The Labute approximate surface area is 159 Å². The van der Waals surface area contributed by atoms with E-state index >= 15 is 0 Å². The largest absolute Gasteiger partial charge is 0.497 e. The molecule has 2 aromatic rings. The maximum Gasteiger partial charge on any atom is 0.239 e. The first kappa shape index (κ1) is 20.3. The second-order valence-corrected chi connectivity index (χ2v) is 6.67. The molecule has 2 aromatic carbocycles. The molecule has 0 unspecified atom stereocenters. The Bertz CT molecular complexity index is 785. The van der Waals surface area contributed by atoms with Gasteiger partial charge < -0.3 is 20.1 Å². The van der Waals surface area contributed by atoms with E-state index in [1.54, 1.807) is 52.3 Å². The van der Waals surface area contributed by atoms with Gasteiger partial charge in [0.2, 0.25) is 11.8 Å². The van der Waals surface area contributed by atoms with Crippen LogP contribution in [0.5, 0.6) is 11.5 Å². The third-order valence-corrected chi connectivity index (χ3v) is 4.32. The van der Waals surface area contributed by atoms with Crippen LogP contribution in [0.2, 0.25) is 0 Å². The summed E-state index contributed by atoms with van der Waals surface area (Å²) >= 11 is 0. The number of carbonyl (C=O) groups is 2. The topological polar surface area (TPSA) is 76.7 Å². The Kier molecular flexibility index (Phi) is 6.82. The van der Waals surface area contributed by atoms with Crippen molar-refractivity contribution in [3.05, 3.63) is 54.1 Å². The van der Waals surface area contributed by atoms with Gasteiger partial charge in [-0.1, -0.05) is 12.1 Å². The number of rotatable bonds is 8. The van der Waals surface area contributed by atoms with Crippen LogP contribution < -0.4 is 20.1 Å². The van der Waals surface area contributed by atoms with Crippen LogP contribution in [0, 0.1) is 5.41 Å². The minimum absolute atomic E-state index is 0.323. The summed E-state index contributed by atoms with van der Waals surface area (Å²) in [6, 6.07) is 14.6. The fourth-order valence-electron chi connectivity index (χ4n) is 2.43. The van der Waals surface area contributed by atoms with Crippen molar-refractivity contribution in [3.63, 3.8) is 0 Å². The van der Waals surface area contributed by atoms with E-state index in [-0.39, 0.29) is 11.8 Å². The fraction of sp³-hybridized carbons (Fsp3) is 0.333. The highest BCUT2D eigenvalue weighted by Gasteiger charge is 2.35. The van der Waals surface area contributed by atoms with Crippen LogP contribution >= 0.6 is 0 Å². The van der Waals surface area contributed by atoms with Gasteiger partial charge in [-0.3, -0.25) is 9.59 Å². The number of hydrogen-bond acceptors (Lipinski definition) is 4. The lowest BCUT2D eigenvalue weighted by Crippen LogP contribution is -2.45. The van der Waals surface area contributed by atoms with Gasteiger partial charge in [-0.2, -0.15) is 0 Å². The van der Waals surface area contributed by atoms with Crippen molar-refractivity contribution < 1.29 is 19.1 Å². The summed E-state index contributed by atoms with van der Waals surface area (Å²) in [6.07, 6.45) is 0.652. The highest BCUT2D eigenvalue weighted by molar-refractivity contribution is 6.09. The van der Waals surface area contributed by atoms with Crippen molar-refractivity contribution in [2.75, 3.05) is 26.1 Å². The summed E-state index contributed by atoms with van der Waals surface area (Å²) in [6.45, 7) is 3.64. The van der Waals surface area contributed by atoms with E-state index in [4.69, 9.17) is 9.47 Å². The number of amides is 2. The molecule has 0 aliphatic carbocycles. The molecule has 2 N–H and O–H groups in total. The molecule has 0 bridgehead atoms. The summed E-state index contributed by atoms with van der Waals surface area (Å²) in [4.78, 5) is 25.0. The summed E-state index contributed by atoms with van der Waals surface area (Å²) in [5.41, 5.74) is 0.460. The minimum Gasteiger partial charge on any atom is -0.497 e. The fourth-order valence-corrected chi connectivity index (χ4v) is 2.43. The van der Waals surface area contributed by atoms with Crippen LogP contribution in [0.1, 0.15) is 19.4 Å². The van der Waals surface area contributed by atoms with Gasteiger partial charge in [-0.25, -0.2) is 0 Å². The van der Waals surface area contributed by atoms with Crippen molar-refractivity contribution in [2.24, 2.45) is 5.41 Å². The zero-order valence-corrected chi connectivity index (χ0v) is 16.2. The minimum atomic E-state index is -1.20. The van der Waals surface area contributed by atoms with Gasteiger partial charge in [-0.15, -0.1) is 0 Å². The van der Waals surface area contributed by atoms with Crippen LogP contribution in [0.15, 0.2) is 48.5 Å². The molecule has 144 valence electrons. The van der Waals surface area contributed by atoms with Crippen molar-refractivity contribution in [2.45, 2.75) is 20.3 Å². The van der Waals surface area contributed by atoms with E-state index in [9.17, 15) is 9.59 Å². The van der Waals surface area contributed by atoms with Crippen molar-refractivity contribution >= 4 is 17.5 Å². The van der Waals surface area contributed by atoms with Crippen molar-refractivity contribution in [3.8, 4) is 11.5 Å². The SMILES string of the molecule is COc1ccc(NC(=O)C(C)(C)C(=O)NCCc2cccc(OC)c2)cc1. The van der Waals surface area contributed by atoms with E-state index in [0.29, 0.717) is 24.4 Å². The molecular weight excluding hydrogens is 344 g/mol. The summed E-state index contributed by atoms with van der Waals surface area (Å²) < 4.78 is 10.3. The third kappa shape index (κ3) is 5.48.